The summed E-state index contributed by atoms with van der Waals surface area (Å²) in [5.74, 6) is -1.31. The van der Waals surface area contributed by atoms with Crippen molar-refractivity contribution in [3.8, 4) is 6.07 Å². The van der Waals surface area contributed by atoms with Crippen molar-refractivity contribution in [1.82, 2.24) is 0 Å². The molecule has 0 saturated carbocycles. The highest BCUT2D eigenvalue weighted by molar-refractivity contribution is 9.10. The smallest absolute Gasteiger partial charge is 0.269 e. The summed E-state index contributed by atoms with van der Waals surface area (Å²) in [4.78, 5) is 33.0. The van der Waals surface area contributed by atoms with Gasteiger partial charge in [0.1, 0.15) is 0 Å². The maximum atomic E-state index is 11.9. The monoisotopic (exact) mass is 338 g/mol. The van der Waals surface area contributed by atoms with Crippen molar-refractivity contribution in [2.45, 2.75) is 24.1 Å². The van der Waals surface area contributed by atoms with E-state index >= 15 is 0 Å². The van der Waals surface area contributed by atoms with Crippen LogP contribution in [-0.2, 0) is 4.79 Å². The number of nitrogens with zero attached hydrogens (tertiary/aromatic N) is 2. The fourth-order valence-corrected chi connectivity index (χ4v) is 2.04. The van der Waals surface area contributed by atoms with Crippen LogP contribution in [0.1, 0.15) is 29.6 Å². The van der Waals surface area contributed by atoms with E-state index in [4.69, 9.17) is 5.26 Å². The Morgan fingerprint density at radius 3 is 2.45 bits per heavy atom. The second kappa shape index (κ2) is 7.50. The van der Waals surface area contributed by atoms with Gasteiger partial charge in [-0.25, -0.2) is 0 Å². The third kappa shape index (κ3) is 4.24. The highest BCUT2D eigenvalue weighted by atomic mass is 79.9. The first-order chi connectivity index (χ1) is 9.47. The molecule has 0 fully saturated rings. The minimum absolute atomic E-state index is 0.116. The first-order valence-corrected chi connectivity index (χ1v) is 6.73. The standard InChI is InChI=1S/C13H11BrN2O4/c14-11(3-1-2-8-15)13(18)12(17)9-4-6-10(7-5-9)16(19)20/h4-7,11H,1-3H2. The number of nitro groups is 1. The molecule has 0 amide bonds. The van der Waals surface area contributed by atoms with Crippen LogP contribution in [0.3, 0.4) is 0 Å². The number of carbonyl (C=O) groups excluding carboxylic acids is 2. The van der Waals surface area contributed by atoms with Gasteiger partial charge in [0.2, 0.25) is 11.6 Å². The molecule has 6 nitrogen and oxygen atoms in total. The summed E-state index contributed by atoms with van der Waals surface area (Å²) in [5, 5.41) is 18.9. The molecule has 0 aliphatic heterocycles. The molecule has 0 bridgehead atoms. The van der Waals surface area contributed by atoms with Crippen LogP contribution < -0.4 is 0 Å². The van der Waals surface area contributed by atoms with Gasteiger partial charge >= 0.3 is 0 Å². The Labute approximate surface area is 123 Å². The maximum absolute atomic E-state index is 11.9. The molecule has 1 aromatic rings. The molecule has 0 saturated heterocycles. The zero-order valence-corrected chi connectivity index (χ0v) is 12.0. The Morgan fingerprint density at radius 2 is 1.95 bits per heavy atom. The van der Waals surface area contributed by atoms with Gasteiger partial charge < -0.3 is 0 Å². The number of carbonyl (C=O) groups is 2. The van der Waals surface area contributed by atoms with Crippen LogP contribution in [0.15, 0.2) is 24.3 Å². The number of nitriles is 1. The highest BCUT2D eigenvalue weighted by Gasteiger charge is 2.24. The molecular weight excluding hydrogens is 328 g/mol. The number of unbranched alkanes of at least 4 members (excludes halogenated alkanes) is 1. The Hall–Kier alpha value is -2.07. The number of alkyl halides is 1. The first-order valence-electron chi connectivity index (χ1n) is 5.81. The molecular formula is C13H11BrN2O4. The lowest BCUT2D eigenvalue weighted by Crippen LogP contribution is -2.24. The van der Waals surface area contributed by atoms with E-state index < -0.39 is 21.3 Å². The third-order valence-corrected chi connectivity index (χ3v) is 3.47. The molecule has 0 spiro atoms. The molecule has 0 aliphatic carbocycles. The molecule has 104 valence electrons. The third-order valence-electron chi connectivity index (χ3n) is 2.59. The average Bonchev–Trinajstić information content (AvgIpc) is 2.46. The molecule has 20 heavy (non-hydrogen) atoms. The quantitative estimate of drug-likeness (QED) is 0.190. The van der Waals surface area contributed by atoms with E-state index in [2.05, 4.69) is 15.9 Å². The number of hydrogen-bond donors (Lipinski definition) is 0. The van der Waals surface area contributed by atoms with E-state index in [0.29, 0.717) is 19.3 Å². The lowest BCUT2D eigenvalue weighted by Gasteiger charge is -2.06. The predicted octanol–water partition coefficient (Wildman–Crippen LogP) is 2.80. The molecule has 1 aromatic carbocycles. The first kappa shape index (κ1) is 16.0. The largest absolute Gasteiger partial charge is 0.289 e. The minimum atomic E-state index is -0.696. The molecule has 0 aromatic heterocycles. The second-order valence-corrected chi connectivity index (χ2v) is 5.12. The van der Waals surface area contributed by atoms with Crippen molar-refractivity contribution in [2.75, 3.05) is 0 Å². The lowest BCUT2D eigenvalue weighted by molar-refractivity contribution is -0.384. The Bertz CT molecular complexity index is 563. The lowest BCUT2D eigenvalue weighted by atomic mass is 10.0. The van der Waals surface area contributed by atoms with Crippen molar-refractivity contribution in [1.29, 1.82) is 5.26 Å². The van der Waals surface area contributed by atoms with Crippen molar-refractivity contribution < 1.29 is 14.5 Å². The van der Waals surface area contributed by atoms with Gasteiger partial charge in [0.15, 0.2) is 0 Å². The normalized spacial score (nSPS) is 11.4. The number of benzene rings is 1. The van der Waals surface area contributed by atoms with E-state index in [1.54, 1.807) is 0 Å². The topological polar surface area (TPSA) is 101 Å². The fraction of sp³-hybridized carbons (Fsp3) is 0.308. The summed E-state index contributed by atoms with van der Waals surface area (Å²) in [6.45, 7) is 0. The van der Waals surface area contributed by atoms with Gasteiger partial charge in [-0.05, 0) is 25.0 Å². The van der Waals surface area contributed by atoms with Crippen LogP contribution >= 0.6 is 15.9 Å². The van der Waals surface area contributed by atoms with Crippen molar-refractivity contribution >= 4 is 33.2 Å². The van der Waals surface area contributed by atoms with E-state index in [0.717, 1.165) is 0 Å². The van der Waals surface area contributed by atoms with Gasteiger partial charge in [-0.15, -0.1) is 0 Å². The van der Waals surface area contributed by atoms with Crippen molar-refractivity contribution in [2.24, 2.45) is 0 Å². The summed E-state index contributed by atoms with van der Waals surface area (Å²) in [7, 11) is 0. The molecule has 0 radical (unpaired) electrons. The van der Waals surface area contributed by atoms with E-state index in [-0.39, 0.29) is 11.3 Å². The zero-order chi connectivity index (χ0) is 15.1. The minimum Gasteiger partial charge on any atom is -0.289 e. The molecule has 0 N–H and O–H groups in total. The number of hydrogen-bond acceptors (Lipinski definition) is 5. The summed E-state index contributed by atoms with van der Waals surface area (Å²) in [5.41, 5.74) is -0.0243. The van der Waals surface area contributed by atoms with E-state index in [9.17, 15) is 19.7 Å². The number of halogens is 1. The average molecular weight is 339 g/mol. The summed E-state index contributed by atoms with van der Waals surface area (Å²) in [6.07, 6.45) is 1.23. The van der Waals surface area contributed by atoms with Crippen LogP contribution in [0.4, 0.5) is 5.69 Å². The number of Topliss-reactive ketones (excluding diaryl/α,β-unsaturated/α-hetero) is 2. The van der Waals surface area contributed by atoms with E-state index in [1.807, 2.05) is 6.07 Å². The second-order valence-electron chi connectivity index (χ2n) is 4.02. The molecule has 0 aliphatic rings. The predicted molar refractivity (Wildman–Crippen MR) is 74.6 cm³/mol. The summed E-state index contributed by atoms with van der Waals surface area (Å²) < 4.78 is 0. The van der Waals surface area contributed by atoms with Gasteiger partial charge in [0, 0.05) is 24.1 Å². The van der Waals surface area contributed by atoms with Gasteiger partial charge in [0.05, 0.1) is 15.8 Å². The van der Waals surface area contributed by atoms with Crippen LogP contribution in [0, 0.1) is 21.4 Å². The highest BCUT2D eigenvalue weighted by Crippen LogP contribution is 2.16. The van der Waals surface area contributed by atoms with Gasteiger partial charge in [-0.3, -0.25) is 19.7 Å². The Balaban J connectivity index is 2.71. The Kier molecular flexibility index (Phi) is 6.00. The van der Waals surface area contributed by atoms with Crippen molar-refractivity contribution in [3.05, 3.63) is 39.9 Å². The number of rotatable bonds is 7. The number of nitro benzene ring substituents is 1. The fourth-order valence-electron chi connectivity index (χ4n) is 1.51. The van der Waals surface area contributed by atoms with E-state index in [1.165, 1.54) is 24.3 Å². The maximum Gasteiger partial charge on any atom is 0.269 e. The van der Waals surface area contributed by atoms with Gasteiger partial charge in [0.25, 0.3) is 5.69 Å². The number of ketones is 2. The SMILES string of the molecule is N#CCCCC(Br)C(=O)C(=O)c1ccc([N+](=O)[O-])cc1. The van der Waals surface area contributed by atoms with Gasteiger partial charge in [-0.2, -0.15) is 5.26 Å². The summed E-state index contributed by atoms with van der Waals surface area (Å²) >= 11 is 3.12. The number of non-ortho nitro benzene ring substituents is 1. The van der Waals surface area contributed by atoms with Gasteiger partial charge in [-0.1, -0.05) is 15.9 Å². The molecule has 0 heterocycles. The molecule has 1 atom stereocenters. The zero-order valence-electron chi connectivity index (χ0n) is 10.4. The van der Waals surface area contributed by atoms with Crippen LogP contribution in [0.25, 0.3) is 0 Å². The van der Waals surface area contributed by atoms with Crippen LogP contribution in [0.2, 0.25) is 0 Å². The van der Waals surface area contributed by atoms with Crippen LogP contribution in [-0.4, -0.2) is 21.3 Å². The molecule has 1 unspecified atom stereocenters. The van der Waals surface area contributed by atoms with Crippen LogP contribution in [0.5, 0.6) is 0 Å². The summed E-state index contributed by atoms with van der Waals surface area (Å²) in [6, 6.07) is 6.83. The molecule has 7 heteroatoms. The van der Waals surface area contributed by atoms with Crippen molar-refractivity contribution in [3.63, 3.8) is 0 Å². The molecule has 1 rings (SSSR count). The Morgan fingerprint density at radius 1 is 1.35 bits per heavy atom.